The van der Waals surface area contributed by atoms with Gasteiger partial charge in [0.2, 0.25) is 0 Å². The maximum Gasteiger partial charge on any atom is 0.255 e. The average Bonchev–Trinajstić information content (AvgIpc) is 2.89. The first-order valence-corrected chi connectivity index (χ1v) is 11.6. The highest BCUT2D eigenvalue weighted by Gasteiger charge is 2.22. The minimum atomic E-state index is -0.117. The summed E-state index contributed by atoms with van der Waals surface area (Å²) in [5.41, 5.74) is 4.35. The van der Waals surface area contributed by atoms with Gasteiger partial charge in [-0.25, -0.2) is 0 Å². The van der Waals surface area contributed by atoms with E-state index in [1.165, 1.54) is 0 Å². The first-order valence-electron chi connectivity index (χ1n) is 11.6. The van der Waals surface area contributed by atoms with Crippen molar-refractivity contribution in [2.24, 2.45) is 0 Å². The summed E-state index contributed by atoms with van der Waals surface area (Å²) in [6.45, 7) is 4.90. The third-order valence-electron chi connectivity index (χ3n) is 6.37. The van der Waals surface area contributed by atoms with Gasteiger partial charge in [-0.2, -0.15) is 0 Å². The molecule has 0 aliphatic carbocycles. The third kappa shape index (κ3) is 4.64. The van der Waals surface area contributed by atoms with E-state index in [4.69, 9.17) is 0 Å². The number of amides is 2. The highest BCUT2D eigenvalue weighted by atomic mass is 16.2. The zero-order valence-corrected chi connectivity index (χ0v) is 19.2. The Morgan fingerprint density at radius 3 is 2.06 bits per heavy atom. The van der Waals surface area contributed by atoms with E-state index in [9.17, 15) is 9.59 Å². The summed E-state index contributed by atoms with van der Waals surface area (Å²) in [4.78, 5) is 29.7. The number of aryl methyl sites for hydroxylation is 1. The second kappa shape index (κ2) is 9.40. The molecule has 1 heterocycles. The van der Waals surface area contributed by atoms with Crippen LogP contribution in [-0.4, -0.2) is 42.9 Å². The summed E-state index contributed by atoms with van der Waals surface area (Å²) in [5, 5.41) is 5.18. The van der Waals surface area contributed by atoms with Crippen molar-refractivity contribution in [1.82, 2.24) is 4.90 Å². The van der Waals surface area contributed by atoms with Gasteiger partial charge < -0.3 is 15.1 Å². The number of nitrogens with zero attached hydrogens (tertiary/aromatic N) is 2. The molecule has 1 saturated heterocycles. The van der Waals surface area contributed by atoms with Gasteiger partial charge in [0.25, 0.3) is 11.8 Å². The van der Waals surface area contributed by atoms with Gasteiger partial charge >= 0.3 is 0 Å². The van der Waals surface area contributed by atoms with Gasteiger partial charge in [0.1, 0.15) is 0 Å². The van der Waals surface area contributed by atoms with E-state index in [1.807, 2.05) is 96.8 Å². The van der Waals surface area contributed by atoms with Crippen LogP contribution >= 0.6 is 0 Å². The zero-order chi connectivity index (χ0) is 23.5. The normalized spacial score (nSPS) is 13.7. The Labute approximate surface area is 199 Å². The van der Waals surface area contributed by atoms with Crippen LogP contribution in [0.3, 0.4) is 0 Å². The number of piperazine rings is 1. The predicted molar refractivity (Wildman–Crippen MR) is 138 cm³/mol. The molecule has 170 valence electrons. The van der Waals surface area contributed by atoms with Gasteiger partial charge in [0.15, 0.2) is 0 Å². The molecule has 4 aromatic rings. The van der Waals surface area contributed by atoms with Crippen LogP contribution in [0.25, 0.3) is 10.8 Å². The van der Waals surface area contributed by atoms with E-state index in [2.05, 4.69) is 16.3 Å². The molecule has 4 aromatic carbocycles. The van der Waals surface area contributed by atoms with Crippen molar-refractivity contribution in [3.63, 3.8) is 0 Å². The van der Waals surface area contributed by atoms with E-state index in [0.29, 0.717) is 18.7 Å². The summed E-state index contributed by atoms with van der Waals surface area (Å²) < 4.78 is 0. The predicted octanol–water partition coefficient (Wildman–Crippen LogP) is 5.36. The highest BCUT2D eigenvalue weighted by molar-refractivity contribution is 6.04. The van der Waals surface area contributed by atoms with Crippen LogP contribution in [0.15, 0.2) is 91.0 Å². The van der Waals surface area contributed by atoms with Crippen molar-refractivity contribution in [1.29, 1.82) is 0 Å². The Kier molecular flexibility index (Phi) is 6.00. The summed E-state index contributed by atoms with van der Waals surface area (Å²) in [5.74, 6) is -0.0341. The molecule has 0 spiro atoms. The second-order valence-electron chi connectivity index (χ2n) is 8.71. The van der Waals surface area contributed by atoms with Crippen LogP contribution in [0, 0.1) is 6.92 Å². The van der Waals surface area contributed by atoms with Gasteiger partial charge in [-0.15, -0.1) is 0 Å². The summed E-state index contributed by atoms with van der Waals surface area (Å²) in [7, 11) is 0. The molecule has 0 bridgehead atoms. The first-order chi connectivity index (χ1) is 16.6. The van der Waals surface area contributed by atoms with Crippen LogP contribution in [-0.2, 0) is 0 Å². The number of carbonyl (C=O) groups is 2. The van der Waals surface area contributed by atoms with E-state index in [-0.39, 0.29) is 11.8 Å². The quantitative estimate of drug-likeness (QED) is 0.456. The van der Waals surface area contributed by atoms with E-state index < -0.39 is 0 Å². The summed E-state index contributed by atoms with van der Waals surface area (Å²) >= 11 is 0. The minimum absolute atomic E-state index is 0.0829. The number of nitrogens with one attached hydrogen (secondary N) is 1. The molecule has 1 aliphatic rings. The molecule has 1 fully saturated rings. The molecule has 1 N–H and O–H groups in total. The Morgan fingerprint density at radius 2 is 1.35 bits per heavy atom. The topological polar surface area (TPSA) is 52.7 Å². The van der Waals surface area contributed by atoms with E-state index in [0.717, 1.165) is 46.4 Å². The number of fused-ring (bicyclic) bond motifs is 1. The number of anilines is 2. The van der Waals surface area contributed by atoms with Gasteiger partial charge in [-0.3, -0.25) is 9.59 Å². The lowest BCUT2D eigenvalue weighted by Gasteiger charge is -2.36. The number of benzene rings is 4. The van der Waals surface area contributed by atoms with Gasteiger partial charge in [0.05, 0.1) is 0 Å². The van der Waals surface area contributed by atoms with Gasteiger partial charge in [0, 0.05) is 48.7 Å². The standard InChI is InChI=1S/C29H27N3O2/c1-21-6-8-23(9-7-21)28(33)30-26-12-14-27(15-13-26)31-16-18-32(19-17-31)29(34)25-11-10-22-4-2-3-5-24(22)20-25/h2-15,20H,16-19H2,1H3,(H,30,33). The van der Waals surface area contributed by atoms with E-state index >= 15 is 0 Å². The van der Waals surface area contributed by atoms with Crippen molar-refractivity contribution in [2.75, 3.05) is 36.4 Å². The van der Waals surface area contributed by atoms with E-state index in [1.54, 1.807) is 0 Å². The second-order valence-corrected chi connectivity index (χ2v) is 8.71. The monoisotopic (exact) mass is 449 g/mol. The SMILES string of the molecule is Cc1ccc(C(=O)Nc2ccc(N3CCN(C(=O)c4ccc5ccccc5c4)CC3)cc2)cc1. The Bertz CT molecular complexity index is 1320. The lowest BCUT2D eigenvalue weighted by atomic mass is 10.1. The molecule has 34 heavy (non-hydrogen) atoms. The van der Waals surface area contributed by atoms with Crippen LogP contribution < -0.4 is 10.2 Å². The molecular weight excluding hydrogens is 422 g/mol. The van der Waals surface area contributed by atoms with Crippen molar-refractivity contribution in [3.8, 4) is 0 Å². The van der Waals surface area contributed by atoms with Crippen LogP contribution in [0.2, 0.25) is 0 Å². The average molecular weight is 450 g/mol. The molecule has 0 saturated carbocycles. The van der Waals surface area contributed by atoms with Crippen molar-refractivity contribution in [2.45, 2.75) is 6.92 Å². The molecule has 0 unspecified atom stereocenters. The Morgan fingerprint density at radius 1 is 0.706 bits per heavy atom. The van der Waals surface area contributed by atoms with Gasteiger partial charge in [-0.1, -0.05) is 48.0 Å². The fraction of sp³-hybridized carbons (Fsp3) is 0.172. The summed E-state index contributed by atoms with van der Waals surface area (Å²) in [6, 6.07) is 29.4. The molecule has 5 heteroatoms. The smallest absolute Gasteiger partial charge is 0.255 e. The molecule has 0 atom stereocenters. The van der Waals surface area contributed by atoms with Crippen LogP contribution in [0.5, 0.6) is 0 Å². The van der Waals surface area contributed by atoms with Crippen LogP contribution in [0.4, 0.5) is 11.4 Å². The fourth-order valence-corrected chi connectivity index (χ4v) is 4.34. The molecule has 2 amide bonds. The maximum absolute atomic E-state index is 13.0. The third-order valence-corrected chi connectivity index (χ3v) is 6.37. The molecule has 5 rings (SSSR count). The number of rotatable bonds is 4. The molecule has 5 nitrogen and oxygen atoms in total. The summed E-state index contributed by atoms with van der Waals surface area (Å²) in [6.07, 6.45) is 0. The molecular formula is C29H27N3O2. The van der Waals surface area contributed by atoms with Crippen molar-refractivity contribution < 1.29 is 9.59 Å². The molecule has 0 aromatic heterocycles. The zero-order valence-electron chi connectivity index (χ0n) is 19.2. The molecule has 1 aliphatic heterocycles. The molecule has 0 radical (unpaired) electrons. The maximum atomic E-state index is 13.0. The largest absolute Gasteiger partial charge is 0.368 e. The van der Waals surface area contributed by atoms with Crippen molar-refractivity contribution >= 4 is 34.0 Å². The van der Waals surface area contributed by atoms with Crippen molar-refractivity contribution in [3.05, 3.63) is 108 Å². The lowest BCUT2D eigenvalue weighted by Crippen LogP contribution is -2.48. The highest BCUT2D eigenvalue weighted by Crippen LogP contribution is 2.22. The first kappa shape index (κ1) is 21.7. The number of carbonyl (C=O) groups excluding carboxylic acids is 2. The lowest BCUT2D eigenvalue weighted by molar-refractivity contribution is 0.0746. The Hall–Kier alpha value is -4.12. The van der Waals surface area contributed by atoms with Crippen LogP contribution in [0.1, 0.15) is 26.3 Å². The van der Waals surface area contributed by atoms with Gasteiger partial charge in [-0.05, 0) is 66.2 Å². The fourth-order valence-electron chi connectivity index (χ4n) is 4.34. The number of hydrogen-bond donors (Lipinski definition) is 1. The minimum Gasteiger partial charge on any atom is -0.368 e. The number of hydrogen-bond acceptors (Lipinski definition) is 3. The Balaban J connectivity index is 1.18.